The fourth-order valence-corrected chi connectivity index (χ4v) is 1.74. The molecule has 78 valence electrons. The van der Waals surface area contributed by atoms with Crippen LogP contribution in [0.1, 0.15) is 22.3 Å². The molecule has 0 heterocycles. The maximum atomic E-state index is 4.12. The van der Waals surface area contributed by atoms with E-state index in [1.165, 1.54) is 22.3 Å². The SMILES string of the molecule is Cc1ccc(CCNCS)c(C)c1C. The topological polar surface area (TPSA) is 12.0 Å². The number of hydrogen-bond donors (Lipinski definition) is 2. The predicted octanol–water partition coefficient (Wildman–Crippen LogP) is 2.63. The predicted molar refractivity (Wildman–Crippen MR) is 66.2 cm³/mol. The second kappa shape index (κ2) is 5.42. The summed E-state index contributed by atoms with van der Waals surface area (Å²) in [4.78, 5) is 0. The van der Waals surface area contributed by atoms with Crippen molar-refractivity contribution in [2.45, 2.75) is 27.2 Å². The van der Waals surface area contributed by atoms with Crippen molar-refractivity contribution >= 4 is 12.6 Å². The molecule has 0 unspecified atom stereocenters. The number of benzene rings is 1. The van der Waals surface area contributed by atoms with Crippen LogP contribution in [0.3, 0.4) is 0 Å². The zero-order valence-corrected chi connectivity index (χ0v) is 10.1. The molecule has 1 aromatic carbocycles. The lowest BCUT2D eigenvalue weighted by Crippen LogP contribution is -2.15. The molecule has 0 aliphatic heterocycles. The molecule has 0 bridgehead atoms. The van der Waals surface area contributed by atoms with Crippen LogP contribution in [-0.4, -0.2) is 12.4 Å². The average molecular weight is 209 g/mol. The van der Waals surface area contributed by atoms with Gasteiger partial charge in [-0.15, -0.1) is 0 Å². The lowest BCUT2D eigenvalue weighted by Gasteiger charge is -2.11. The van der Waals surface area contributed by atoms with Gasteiger partial charge in [0.1, 0.15) is 0 Å². The number of nitrogens with one attached hydrogen (secondary N) is 1. The average Bonchev–Trinajstić information content (AvgIpc) is 2.18. The van der Waals surface area contributed by atoms with Crippen molar-refractivity contribution in [1.29, 1.82) is 0 Å². The first-order valence-corrected chi connectivity index (χ1v) is 5.67. The molecule has 0 spiro atoms. The van der Waals surface area contributed by atoms with Gasteiger partial charge in [0.2, 0.25) is 0 Å². The summed E-state index contributed by atoms with van der Waals surface area (Å²) < 4.78 is 0. The van der Waals surface area contributed by atoms with Gasteiger partial charge in [-0.25, -0.2) is 0 Å². The van der Waals surface area contributed by atoms with Crippen LogP contribution >= 0.6 is 12.6 Å². The van der Waals surface area contributed by atoms with Crippen LogP contribution < -0.4 is 5.32 Å². The summed E-state index contributed by atoms with van der Waals surface area (Å²) >= 11 is 4.12. The van der Waals surface area contributed by atoms with Crippen molar-refractivity contribution in [3.05, 3.63) is 34.4 Å². The van der Waals surface area contributed by atoms with E-state index in [9.17, 15) is 0 Å². The smallest absolute Gasteiger partial charge is 0.0387 e. The summed E-state index contributed by atoms with van der Waals surface area (Å²) in [6.45, 7) is 7.57. The van der Waals surface area contributed by atoms with Crippen LogP contribution in [0.15, 0.2) is 12.1 Å². The van der Waals surface area contributed by atoms with Gasteiger partial charge in [0.15, 0.2) is 0 Å². The number of rotatable bonds is 4. The van der Waals surface area contributed by atoms with Gasteiger partial charge < -0.3 is 5.32 Å². The highest BCUT2D eigenvalue weighted by Gasteiger charge is 2.02. The minimum Gasteiger partial charge on any atom is -0.308 e. The second-order valence-corrected chi connectivity index (χ2v) is 4.02. The first-order valence-electron chi connectivity index (χ1n) is 5.04. The summed E-state index contributed by atoms with van der Waals surface area (Å²) in [6, 6.07) is 4.44. The first kappa shape index (κ1) is 11.6. The van der Waals surface area contributed by atoms with Gasteiger partial charge in [-0.1, -0.05) is 12.1 Å². The minimum atomic E-state index is 0.754. The van der Waals surface area contributed by atoms with Gasteiger partial charge in [0.05, 0.1) is 0 Å². The number of hydrogen-bond acceptors (Lipinski definition) is 2. The molecule has 0 saturated carbocycles. The lowest BCUT2D eigenvalue weighted by atomic mass is 9.97. The molecule has 1 nitrogen and oxygen atoms in total. The van der Waals surface area contributed by atoms with E-state index in [1.807, 2.05) is 0 Å². The molecular weight excluding hydrogens is 190 g/mol. The Labute approximate surface area is 92.3 Å². The van der Waals surface area contributed by atoms with E-state index in [2.05, 4.69) is 50.8 Å². The van der Waals surface area contributed by atoms with E-state index in [-0.39, 0.29) is 0 Å². The van der Waals surface area contributed by atoms with Crippen LogP contribution in [-0.2, 0) is 6.42 Å². The molecule has 0 atom stereocenters. The Hall–Kier alpha value is -0.470. The van der Waals surface area contributed by atoms with Crippen molar-refractivity contribution in [2.75, 3.05) is 12.4 Å². The van der Waals surface area contributed by atoms with Gasteiger partial charge in [-0.3, -0.25) is 0 Å². The van der Waals surface area contributed by atoms with E-state index in [1.54, 1.807) is 0 Å². The Bertz CT molecular complexity index is 307. The Morgan fingerprint density at radius 3 is 2.50 bits per heavy atom. The third kappa shape index (κ3) is 2.76. The fourth-order valence-electron chi connectivity index (χ4n) is 1.59. The maximum Gasteiger partial charge on any atom is 0.0387 e. The molecule has 0 aliphatic rings. The fraction of sp³-hybridized carbons (Fsp3) is 0.500. The summed E-state index contributed by atoms with van der Waals surface area (Å²) in [7, 11) is 0. The van der Waals surface area contributed by atoms with Crippen LogP contribution in [0.4, 0.5) is 0 Å². The van der Waals surface area contributed by atoms with E-state index >= 15 is 0 Å². The van der Waals surface area contributed by atoms with Gasteiger partial charge in [0, 0.05) is 5.88 Å². The highest BCUT2D eigenvalue weighted by molar-refractivity contribution is 7.80. The van der Waals surface area contributed by atoms with E-state index < -0.39 is 0 Å². The van der Waals surface area contributed by atoms with Crippen LogP contribution in [0.5, 0.6) is 0 Å². The molecule has 2 heteroatoms. The summed E-state index contributed by atoms with van der Waals surface area (Å²) in [6.07, 6.45) is 1.09. The second-order valence-electron chi connectivity index (χ2n) is 3.70. The van der Waals surface area contributed by atoms with Crippen LogP contribution in [0, 0.1) is 20.8 Å². The number of thiol groups is 1. The Kier molecular flexibility index (Phi) is 4.49. The van der Waals surface area contributed by atoms with Crippen molar-refractivity contribution < 1.29 is 0 Å². The Morgan fingerprint density at radius 2 is 1.86 bits per heavy atom. The number of aryl methyl sites for hydroxylation is 1. The molecular formula is C12H19NS. The van der Waals surface area contributed by atoms with Gasteiger partial charge in [-0.2, -0.15) is 12.6 Å². The summed E-state index contributed by atoms with van der Waals surface area (Å²) in [5.74, 6) is 0.754. The normalized spacial score (nSPS) is 10.6. The van der Waals surface area contributed by atoms with Crippen molar-refractivity contribution in [3.8, 4) is 0 Å². The first-order chi connectivity index (χ1) is 6.66. The Morgan fingerprint density at radius 1 is 1.14 bits per heavy atom. The maximum absolute atomic E-state index is 4.12. The zero-order valence-electron chi connectivity index (χ0n) is 9.22. The van der Waals surface area contributed by atoms with Crippen LogP contribution in [0.2, 0.25) is 0 Å². The Balaban J connectivity index is 2.73. The lowest BCUT2D eigenvalue weighted by molar-refractivity contribution is 0.772. The third-order valence-electron chi connectivity index (χ3n) is 2.85. The highest BCUT2D eigenvalue weighted by Crippen LogP contribution is 2.17. The molecule has 0 amide bonds. The molecule has 0 radical (unpaired) electrons. The minimum absolute atomic E-state index is 0.754. The molecule has 0 aliphatic carbocycles. The largest absolute Gasteiger partial charge is 0.308 e. The molecule has 1 N–H and O–H groups in total. The van der Waals surface area contributed by atoms with Crippen molar-refractivity contribution in [1.82, 2.24) is 5.32 Å². The zero-order chi connectivity index (χ0) is 10.6. The van der Waals surface area contributed by atoms with Crippen molar-refractivity contribution in [2.24, 2.45) is 0 Å². The highest BCUT2D eigenvalue weighted by atomic mass is 32.1. The van der Waals surface area contributed by atoms with Crippen molar-refractivity contribution in [3.63, 3.8) is 0 Å². The molecule has 0 fully saturated rings. The van der Waals surface area contributed by atoms with E-state index in [0.717, 1.165) is 18.8 Å². The van der Waals surface area contributed by atoms with Gasteiger partial charge in [-0.05, 0) is 56.0 Å². The standard InChI is InChI=1S/C12H19NS/c1-9-4-5-12(6-7-13-8-14)11(3)10(9)2/h4-5,13-14H,6-8H2,1-3H3. The summed E-state index contributed by atoms with van der Waals surface area (Å²) in [5.41, 5.74) is 5.69. The molecule has 1 aromatic rings. The van der Waals surface area contributed by atoms with Gasteiger partial charge >= 0.3 is 0 Å². The van der Waals surface area contributed by atoms with E-state index in [4.69, 9.17) is 0 Å². The quantitative estimate of drug-likeness (QED) is 0.441. The molecule has 1 rings (SSSR count). The summed E-state index contributed by atoms with van der Waals surface area (Å²) in [5, 5.41) is 3.22. The molecule has 0 aromatic heterocycles. The van der Waals surface area contributed by atoms with Gasteiger partial charge in [0.25, 0.3) is 0 Å². The van der Waals surface area contributed by atoms with Crippen LogP contribution in [0.25, 0.3) is 0 Å². The van der Waals surface area contributed by atoms with E-state index in [0.29, 0.717) is 0 Å². The monoisotopic (exact) mass is 209 g/mol. The molecule has 0 saturated heterocycles. The molecule has 14 heavy (non-hydrogen) atoms. The third-order valence-corrected chi connectivity index (χ3v) is 3.08.